The van der Waals surface area contributed by atoms with Crippen LogP contribution in [0.15, 0.2) is 28.6 Å². The molecule has 3 heterocycles. The van der Waals surface area contributed by atoms with Crippen LogP contribution in [0.5, 0.6) is 0 Å². The molecule has 0 spiro atoms. The van der Waals surface area contributed by atoms with Crippen LogP contribution in [0.3, 0.4) is 0 Å². The van der Waals surface area contributed by atoms with Crippen molar-refractivity contribution >= 4 is 33.0 Å². The first-order valence-electron chi connectivity index (χ1n) is 7.20. The zero-order valence-electron chi connectivity index (χ0n) is 12.6. The molecule has 9 heteroatoms. The van der Waals surface area contributed by atoms with Gasteiger partial charge in [-0.3, -0.25) is 4.90 Å². The summed E-state index contributed by atoms with van der Waals surface area (Å²) in [6, 6.07) is 2.99. The maximum Gasteiger partial charge on any atom is 0.244 e. The number of hydrogen-bond acceptors (Lipinski definition) is 6. The second kappa shape index (κ2) is 6.82. The van der Waals surface area contributed by atoms with E-state index < -0.39 is 10.0 Å². The average molecular weight is 373 g/mol. The van der Waals surface area contributed by atoms with Crippen molar-refractivity contribution in [2.75, 3.05) is 26.2 Å². The van der Waals surface area contributed by atoms with Gasteiger partial charge in [0.05, 0.1) is 10.7 Å². The lowest BCUT2D eigenvalue weighted by Crippen LogP contribution is -2.48. The second-order valence-corrected chi connectivity index (χ2v) is 8.74. The van der Waals surface area contributed by atoms with Crippen molar-refractivity contribution < 1.29 is 8.42 Å². The molecule has 6 nitrogen and oxygen atoms in total. The quantitative estimate of drug-likeness (QED) is 0.768. The molecule has 2 aromatic heterocycles. The minimum Gasteiger partial charge on any atom is -0.295 e. The number of halogens is 1. The molecule has 0 amide bonds. The first-order chi connectivity index (χ1) is 10.9. The van der Waals surface area contributed by atoms with Gasteiger partial charge in [0.2, 0.25) is 10.0 Å². The number of pyridine rings is 1. The highest BCUT2D eigenvalue weighted by molar-refractivity contribution is 7.89. The molecule has 0 aliphatic carbocycles. The fourth-order valence-electron chi connectivity index (χ4n) is 2.50. The summed E-state index contributed by atoms with van der Waals surface area (Å²) in [6.45, 7) is 5.06. The van der Waals surface area contributed by atoms with E-state index in [-0.39, 0.29) is 10.0 Å². The third-order valence-corrected chi connectivity index (χ3v) is 6.65. The number of nitrogens with zero attached hydrogens (tertiary/aromatic N) is 4. The molecule has 0 saturated carbocycles. The summed E-state index contributed by atoms with van der Waals surface area (Å²) in [5, 5.41) is 3.39. The first-order valence-corrected chi connectivity index (χ1v) is 9.90. The molecule has 0 aromatic carbocycles. The topological polar surface area (TPSA) is 66.4 Å². The highest BCUT2D eigenvalue weighted by Gasteiger charge is 2.28. The smallest absolute Gasteiger partial charge is 0.244 e. The maximum absolute atomic E-state index is 12.6. The Hall–Kier alpha value is -1.06. The Balaban J connectivity index is 1.62. The highest BCUT2D eigenvalue weighted by atomic mass is 35.5. The van der Waals surface area contributed by atoms with E-state index in [4.69, 9.17) is 11.6 Å². The van der Waals surface area contributed by atoms with Crippen molar-refractivity contribution in [2.45, 2.75) is 18.4 Å². The minimum absolute atomic E-state index is 0.186. The Kier molecular flexibility index (Phi) is 4.98. The number of piperazine rings is 1. The van der Waals surface area contributed by atoms with Crippen LogP contribution in [0.4, 0.5) is 0 Å². The fourth-order valence-corrected chi connectivity index (χ4v) is 4.59. The van der Waals surface area contributed by atoms with Crippen molar-refractivity contribution in [3.8, 4) is 0 Å². The lowest BCUT2D eigenvalue weighted by atomic mass is 10.3. The fraction of sp³-hybridized carbons (Fsp3) is 0.429. The van der Waals surface area contributed by atoms with E-state index in [1.54, 1.807) is 11.3 Å². The van der Waals surface area contributed by atoms with Gasteiger partial charge in [0.1, 0.15) is 10.0 Å². The molecule has 2 aromatic rings. The molecule has 1 saturated heterocycles. The summed E-state index contributed by atoms with van der Waals surface area (Å²) >= 11 is 7.35. The molecule has 1 fully saturated rings. The summed E-state index contributed by atoms with van der Waals surface area (Å²) in [5.74, 6) is 0. The maximum atomic E-state index is 12.6. The molecular weight excluding hydrogens is 356 g/mol. The number of thiazole rings is 1. The van der Waals surface area contributed by atoms with Crippen molar-refractivity contribution in [3.63, 3.8) is 0 Å². The largest absolute Gasteiger partial charge is 0.295 e. The van der Waals surface area contributed by atoms with Crippen LogP contribution < -0.4 is 0 Å². The summed E-state index contributed by atoms with van der Waals surface area (Å²) in [6.07, 6.45) is 1.31. The van der Waals surface area contributed by atoms with Crippen molar-refractivity contribution in [1.82, 2.24) is 19.2 Å². The molecular formula is C14H17ClN4O2S2. The summed E-state index contributed by atoms with van der Waals surface area (Å²) < 4.78 is 26.7. The second-order valence-electron chi connectivity index (χ2n) is 5.35. The molecule has 1 aliphatic heterocycles. The molecule has 3 rings (SSSR count). The monoisotopic (exact) mass is 372 g/mol. The molecule has 0 bridgehead atoms. The van der Waals surface area contributed by atoms with Gasteiger partial charge in [0.25, 0.3) is 0 Å². The van der Waals surface area contributed by atoms with Crippen LogP contribution in [-0.2, 0) is 16.6 Å². The zero-order chi connectivity index (χ0) is 16.4. The summed E-state index contributed by atoms with van der Waals surface area (Å²) in [5.41, 5.74) is 1.05. The molecule has 23 heavy (non-hydrogen) atoms. The van der Waals surface area contributed by atoms with Crippen molar-refractivity contribution in [2.24, 2.45) is 0 Å². The van der Waals surface area contributed by atoms with E-state index in [2.05, 4.69) is 20.2 Å². The van der Waals surface area contributed by atoms with Gasteiger partial charge in [0, 0.05) is 44.3 Å². The van der Waals surface area contributed by atoms with E-state index in [0.717, 1.165) is 17.2 Å². The summed E-state index contributed by atoms with van der Waals surface area (Å²) in [4.78, 5) is 10.7. The minimum atomic E-state index is -3.50. The lowest BCUT2D eigenvalue weighted by Gasteiger charge is -2.33. The Morgan fingerprint density at radius 2 is 2.00 bits per heavy atom. The van der Waals surface area contributed by atoms with Crippen LogP contribution >= 0.6 is 22.9 Å². The van der Waals surface area contributed by atoms with Gasteiger partial charge in [-0.2, -0.15) is 4.31 Å². The van der Waals surface area contributed by atoms with Gasteiger partial charge < -0.3 is 0 Å². The predicted octanol–water partition coefficient (Wildman–Crippen LogP) is 2.01. The Labute approximate surface area is 144 Å². The van der Waals surface area contributed by atoms with Gasteiger partial charge in [-0.15, -0.1) is 11.3 Å². The molecule has 124 valence electrons. The predicted molar refractivity (Wildman–Crippen MR) is 90.1 cm³/mol. The number of hydrogen-bond donors (Lipinski definition) is 0. The summed E-state index contributed by atoms with van der Waals surface area (Å²) in [7, 11) is -3.50. The van der Waals surface area contributed by atoms with E-state index >= 15 is 0 Å². The Bertz CT molecular complexity index is 768. The Morgan fingerprint density at radius 1 is 1.26 bits per heavy atom. The van der Waals surface area contributed by atoms with Crippen LogP contribution in [0.25, 0.3) is 0 Å². The SMILES string of the molecule is Cc1nc(CN2CCN(S(=O)(=O)c3ccc(Cl)nc3)CC2)cs1. The number of aromatic nitrogens is 2. The molecule has 1 aliphatic rings. The lowest BCUT2D eigenvalue weighted by molar-refractivity contribution is 0.180. The molecule has 0 unspecified atom stereocenters. The van der Waals surface area contributed by atoms with Gasteiger partial charge in [0.15, 0.2) is 0 Å². The number of rotatable bonds is 4. The van der Waals surface area contributed by atoms with Crippen LogP contribution in [0.1, 0.15) is 10.7 Å². The van der Waals surface area contributed by atoms with E-state index in [1.807, 2.05) is 6.92 Å². The van der Waals surface area contributed by atoms with E-state index in [9.17, 15) is 8.42 Å². The normalized spacial score (nSPS) is 17.5. The van der Waals surface area contributed by atoms with Crippen LogP contribution in [-0.4, -0.2) is 53.8 Å². The third-order valence-electron chi connectivity index (χ3n) is 3.72. The molecule has 0 atom stereocenters. The number of aryl methyl sites for hydroxylation is 1. The number of sulfonamides is 1. The highest BCUT2D eigenvalue weighted by Crippen LogP contribution is 2.19. The third kappa shape index (κ3) is 3.89. The van der Waals surface area contributed by atoms with Gasteiger partial charge >= 0.3 is 0 Å². The van der Waals surface area contributed by atoms with E-state index in [1.165, 1.54) is 22.6 Å². The molecule has 0 radical (unpaired) electrons. The van der Waals surface area contributed by atoms with Gasteiger partial charge in [-0.1, -0.05) is 11.6 Å². The van der Waals surface area contributed by atoms with Crippen molar-refractivity contribution in [3.05, 3.63) is 39.6 Å². The van der Waals surface area contributed by atoms with Crippen LogP contribution in [0, 0.1) is 6.92 Å². The zero-order valence-corrected chi connectivity index (χ0v) is 15.0. The Morgan fingerprint density at radius 3 is 2.57 bits per heavy atom. The standard InChI is InChI=1S/C14H17ClN4O2S2/c1-11-17-12(10-22-11)9-18-4-6-19(7-5-18)23(20,21)13-2-3-14(15)16-8-13/h2-3,8,10H,4-7,9H2,1H3. The van der Waals surface area contributed by atoms with E-state index in [0.29, 0.717) is 26.2 Å². The van der Waals surface area contributed by atoms with Gasteiger partial charge in [-0.25, -0.2) is 18.4 Å². The first kappa shape index (κ1) is 16.8. The van der Waals surface area contributed by atoms with Crippen LogP contribution in [0.2, 0.25) is 5.15 Å². The van der Waals surface area contributed by atoms with Crippen molar-refractivity contribution in [1.29, 1.82) is 0 Å². The molecule has 0 N–H and O–H groups in total. The van der Waals surface area contributed by atoms with Gasteiger partial charge in [-0.05, 0) is 19.1 Å². The average Bonchev–Trinajstić information content (AvgIpc) is 2.93.